The number of halogens is 3. The molecule has 0 bridgehead atoms. The number of hydrogen-bond acceptors (Lipinski definition) is 4. The van der Waals surface area contributed by atoms with E-state index >= 15 is 0 Å². The molecule has 0 aliphatic heterocycles. The Morgan fingerprint density at radius 2 is 0.298 bits per heavy atom. The summed E-state index contributed by atoms with van der Waals surface area (Å²) in [5, 5.41) is 9.66. The van der Waals surface area contributed by atoms with E-state index in [4.69, 9.17) is 0 Å². The van der Waals surface area contributed by atoms with E-state index in [1.807, 2.05) is 59.5 Å². The lowest BCUT2D eigenvalue weighted by molar-refractivity contribution is -0.137. The van der Waals surface area contributed by atoms with Gasteiger partial charge < -0.3 is 19.6 Å². The highest BCUT2D eigenvalue weighted by Gasteiger charge is 2.31. The second kappa shape index (κ2) is 33.6. The molecule has 0 heterocycles. The summed E-state index contributed by atoms with van der Waals surface area (Å²) >= 11 is 0. The summed E-state index contributed by atoms with van der Waals surface area (Å²) in [5.41, 5.74) is 26.6. The maximum absolute atomic E-state index is 13.7. The molecule has 0 unspecified atom stereocenters. The van der Waals surface area contributed by atoms with Crippen LogP contribution in [0.4, 0.5) is 81.4 Å². The smallest absolute Gasteiger partial charge is 0.311 e. The van der Waals surface area contributed by atoms with Gasteiger partial charge in [-0.3, -0.25) is 0 Å². The quantitative estimate of drug-likeness (QED) is 0.0794. The second-order valence-electron chi connectivity index (χ2n) is 30.3. The number of anilines is 12. The molecule has 0 aliphatic rings. The number of fused-ring (bicyclic) bond motifs is 4. The number of aryl methyl sites for hydroxylation is 1. The highest BCUT2D eigenvalue weighted by Crippen LogP contribution is 2.49. The SMILES string of the molecule is Cc1ccc(N(c2ccc(-c3ccc(N(c4ccccc4)c4ccccc4)cc3)cc2)c2ccc(-c3c4ccccc4c(-c4ccccc4)c4ccccc34)cc2)cc1.FC(F)(F)c1ccc(N(c2ccc(-c3ccc(N(c4ccccc4)c4ccccc4)cc3)cc2)c2ccc(-c3c4ccccc4c(-c4ccccc4)c4ccccc34)cc2)cc1. The molecule has 0 saturated carbocycles. The van der Waals surface area contributed by atoms with Gasteiger partial charge in [-0.25, -0.2) is 0 Å². The first-order valence-corrected chi connectivity index (χ1v) is 40.8. The zero-order valence-electron chi connectivity index (χ0n) is 66.5. The normalized spacial score (nSPS) is 11.3. The van der Waals surface area contributed by atoms with Crippen LogP contribution in [0.1, 0.15) is 11.1 Å². The van der Waals surface area contributed by atoms with E-state index < -0.39 is 11.7 Å². The summed E-state index contributed by atoms with van der Waals surface area (Å²) in [6.07, 6.45) is -4.44. The number of hydrogen-bond donors (Lipinski definition) is 0. The molecule has 4 nitrogen and oxygen atoms in total. The predicted octanol–water partition coefficient (Wildman–Crippen LogP) is 33.2. The summed E-state index contributed by atoms with van der Waals surface area (Å²) < 4.78 is 41.2. The van der Waals surface area contributed by atoms with Crippen molar-refractivity contribution in [1.82, 2.24) is 0 Å². The van der Waals surface area contributed by atoms with Gasteiger partial charge in [0.25, 0.3) is 0 Å². The summed E-state index contributed by atoms with van der Waals surface area (Å²) in [4.78, 5) is 8.87. The van der Waals surface area contributed by atoms with Gasteiger partial charge in [0.05, 0.1) is 5.56 Å². The minimum absolute atomic E-state index is 0.618. The van der Waals surface area contributed by atoms with Crippen molar-refractivity contribution in [1.29, 1.82) is 0 Å². The van der Waals surface area contributed by atoms with Gasteiger partial charge in [-0.05, 0) is 275 Å². The summed E-state index contributed by atoms with van der Waals surface area (Å²) in [6.45, 7) is 2.14. The summed E-state index contributed by atoms with van der Waals surface area (Å²) in [6, 6.07) is 164. The molecule has 0 spiro atoms. The van der Waals surface area contributed by atoms with E-state index in [1.165, 1.54) is 89.0 Å². The zero-order chi connectivity index (χ0) is 81.6. The van der Waals surface area contributed by atoms with Gasteiger partial charge in [0.15, 0.2) is 0 Å². The average Bonchev–Trinajstić information content (AvgIpc) is 0.738. The lowest BCUT2D eigenvalue weighted by atomic mass is 9.86. The average molecular weight is 1560 g/mol. The summed E-state index contributed by atoms with van der Waals surface area (Å²) in [5.74, 6) is 0. The molecule has 20 aromatic carbocycles. The largest absolute Gasteiger partial charge is 0.416 e. The zero-order valence-corrected chi connectivity index (χ0v) is 66.5. The van der Waals surface area contributed by atoms with E-state index in [1.54, 1.807) is 0 Å². The third-order valence-corrected chi connectivity index (χ3v) is 22.8. The van der Waals surface area contributed by atoms with Crippen LogP contribution in [0.25, 0.3) is 110 Å². The fraction of sp³-hybridized carbons (Fsp3) is 0.0175. The monoisotopic (exact) mass is 1560 g/mol. The molecular formula is C114H81F3N4. The molecule has 7 heteroatoms. The van der Waals surface area contributed by atoms with Gasteiger partial charge in [0.2, 0.25) is 0 Å². The number of para-hydroxylation sites is 4. The van der Waals surface area contributed by atoms with Gasteiger partial charge in [-0.2, -0.15) is 13.2 Å². The van der Waals surface area contributed by atoms with Gasteiger partial charge in [-0.15, -0.1) is 0 Å². The maximum atomic E-state index is 13.7. The molecule has 20 rings (SSSR count). The van der Waals surface area contributed by atoms with Gasteiger partial charge in [0.1, 0.15) is 0 Å². The van der Waals surface area contributed by atoms with Gasteiger partial charge in [-0.1, -0.05) is 321 Å². The molecule has 121 heavy (non-hydrogen) atoms. The molecule has 0 atom stereocenters. The molecule has 0 saturated heterocycles. The Kier molecular flexibility index (Phi) is 20.9. The van der Waals surface area contributed by atoms with Crippen LogP contribution in [0.3, 0.4) is 0 Å². The minimum atomic E-state index is -4.44. The van der Waals surface area contributed by atoms with Crippen molar-refractivity contribution in [2.24, 2.45) is 0 Å². The van der Waals surface area contributed by atoms with Crippen LogP contribution in [-0.4, -0.2) is 0 Å². The first kappa shape index (κ1) is 75.5. The number of nitrogens with zero attached hydrogens (tertiary/aromatic N) is 4. The number of alkyl halides is 3. The Bertz CT molecular complexity index is 6770. The molecule has 578 valence electrons. The van der Waals surface area contributed by atoms with Crippen molar-refractivity contribution in [2.45, 2.75) is 13.1 Å². The molecule has 0 aliphatic carbocycles. The Balaban J connectivity index is 0.000000160. The topological polar surface area (TPSA) is 13.0 Å². The Hall–Kier alpha value is -15.6. The Morgan fingerprint density at radius 3 is 0.496 bits per heavy atom. The highest BCUT2D eigenvalue weighted by molar-refractivity contribution is 6.23. The molecule has 0 N–H and O–H groups in total. The maximum Gasteiger partial charge on any atom is 0.416 e. The van der Waals surface area contributed by atoms with Crippen LogP contribution in [-0.2, 0) is 6.18 Å². The van der Waals surface area contributed by atoms with E-state index in [-0.39, 0.29) is 0 Å². The fourth-order valence-corrected chi connectivity index (χ4v) is 17.1. The van der Waals surface area contributed by atoms with Crippen LogP contribution >= 0.6 is 0 Å². The Morgan fingerprint density at radius 1 is 0.149 bits per heavy atom. The van der Waals surface area contributed by atoms with Crippen LogP contribution < -0.4 is 19.6 Å². The van der Waals surface area contributed by atoms with E-state index in [2.05, 4.69) is 416 Å². The molecule has 0 aromatic heterocycles. The third kappa shape index (κ3) is 15.4. The second-order valence-corrected chi connectivity index (χ2v) is 30.3. The number of rotatable bonds is 18. The van der Waals surface area contributed by atoms with E-state index in [0.29, 0.717) is 5.69 Å². The highest BCUT2D eigenvalue weighted by atomic mass is 19.4. The first-order chi connectivity index (χ1) is 59.6. The van der Waals surface area contributed by atoms with Gasteiger partial charge >= 0.3 is 6.18 Å². The van der Waals surface area contributed by atoms with Crippen molar-refractivity contribution >= 4 is 111 Å². The van der Waals surface area contributed by atoms with E-state index in [0.717, 1.165) is 113 Å². The van der Waals surface area contributed by atoms with Crippen LogP contribution in [0.15, 0.2) is 473 Å². The lowest BCUT2D eigenvalue weighted by Gasteiger charge is -2.27. The minimum Gasteiger partial charge on any atom is -0.311 e. The fourth-order valence-electron chi connectivity index (χ4n) is 17.1. The Labute approximate surface area is 703 Å². The molecule has 20 aromatic rings. The predicted molar refractivity (Wildman–Crippen MR) is 504 cm³/mol. The third-order valence-electron chi connectivity index (χ3n) is 22.8. The lowest BCUT2D eigenvalue weighted by Crippen LogP contribution is -2.11. The molecule has 0 amide bonds. The van der Waals surface area contributed by atoms with Crippen LogP contribution in [0, 0.1) is 6.92 Å². The molecular weight excluding hydrogens is 1480 g/mol. The van der Waals surface area contributed by atoms with Crippen molar-refractivity contribution in [3.05, 3.63) is 484 Å². The molecule has 0 fully saturated rings. The van der Waals surface area contributed by atoms with Crippen molar-refractivity contribution < 1.29 is 13.2 Å². The van der Waals surface area contributed by atoms with Crippen molar-refractivity contribution in [2.75, 3.05) is 19.6 Å². The molecule has 0 radical (unpaired) electrons. The van der Waals surface area contributed by atoms with Crippen molar-refractivity contribution in [3.63, 3.8) is 0 Å². The van der Waals surface area contributed by atoms with Crippen molar-refractivity contribution in [3.8, 4) is 66.8 Å². The van der Waals surface area contributed by atoms with Crippen LogP contribution in [0.2, 0.25) is 0 Å². The standard InChI is InChI=1S/C57H39F3N2.C57H42N2/c58-57(59,60)44-30-38-50(39-31-44)62(48-34-26-41(27-35-48)40-24-32-47(33-25-40)61(45-16-6-2-7-17-45)46-18-8-3-9-19-46)49-36-28-43(29-37-49)56-53-22-12-10-20-51(53)55(42-14-4-1-5-15-42)52-21-11-13-23-54(52)56;1-41-25-33-48(34-26-41)59(50-37-29-43(30-38-50)42-27-35-49(36-28-42)58(46-17-7-3-8-18-46)47-19-9-4-10-20-47)51-39-31-45(32-40-51)57-54-23-13-11-21-52(54)56(44-15-5-2-6-16-44)53-22-12-14-24-55(53)57/h1-39H;2-40H,1H3. The number of benzene rings is 20. The van der Waals surface area contributed by atoms with Crippen LogP contribution in [0.5, 0.6) is 0 Å². The first-order valence-electron chi connectivity index (χ1n) is 40.8. The van der Waals surface area contributed by atoms with Gasteiger partial charge in [0, 0.05) is 68.2 Å². The van der Waals surface area contributed by atoms with E-state index in [9.17, 15) is 13.2 Å². The summed E-state index contributed by atoms with van der Waals surface area (Å²) in [7, 11) is 0.